The van der Waals surface area contributed by atoms with E-state index in [1.54, 1.807) is 0 Å². The van der Waals surface area contributed by atoms with Crippen molar-refractivity contribution in [3.63, 3.8) is 0 Å². The second-order valence-corrected chi connectivity index (χ2v) is 4.93. The van der Waals surface area contributed by atoms with Crippen LogP contribution in [0.3, 0.4) is 0 Å². The molecule has 5 heteroatoms. The van der Waals surface area contributed by atoms with E-state index in [4.69, 9.17) is 10.5 Å². The third kappa shape index (κ3) is 4.12. The van der Waals surface area contributed by atoms with Crippen LogP contribution in [0.25, 0.3) is 0 Å². The number of carbonyl (C=O) groups excluding carboxylic acids is 1. The molecule has 2 N–H and O–H groups in total. The van der Waals surface area contributed by atoms with E-state index in [1.165, 1.54) is 5.69 Å². The average molecular weight is 299 g/mol. The molecule has 112 valence electrons. The van der Waals surface area contributed by atoms with E-state index in [1.807, 2.05) is 31.2 Å². The zero-order valence-electron chi connectivity index (χ0n) is 11.9. The Hall–Kier alpha value is -1.26. The maximum absolute atomic E-state index is 11.6. The Kier molecular flexibility index (Phi) is 6.82. The molecule has 0 saturated carbocycles. The van der Waals surface area contributed by atoms with Crippen molar-refractivity contribution in [2.45, 2.75) is 19.8 Å². The van der Waals surface area contributed by atoms with Gasteiger partial charge in [0.2, 0.25) is 0 Å². The third-order valence-corrected chi connectivity index (χ3v) is 3.69. The standard InChI is InChI=1S/C15H22N2O2.ClH/c1-2-19-15(18)13-3-5-14(6-4-13)17-9-7-12(11-16)8-10-17;/h3-6,12H,2,7-11,16H2,1H3;1H. The van der Waals surface area contributed by atoms with Crippen LogP contribution >= 0.6 is 12.4 Å². The molecule has 0 bridgehead atoms. The lowest BCUT2D eigenvalue weighted by molar-refractivity contribution is 0.0526. The van der Waals surface area contributed by atoms with Gasteiger partial charge in [0.25, 0.3) is 0 Å². The maximum Gasteiger partial charge on any atom is 0.338 e. The van der Waals surface area contributed by atoms with Gasteiger partial charge in [-0.15, -0.1) is 12.4 Å². The summed E-state index contributed by atoms with van der Waals surface area (Å²) in [4.78, 5) is 13.9. The fourth-order valence-electron chi connectivity index (χ4n) is 2.45. The number of halogens is 1. The van der Waals surface area contributed by atoms with Crippen LogP contribution in [0.15, 0.2) is 24.3 Å². The van der Waals surface area contributed by atoms with E-state index in [2.05, 4.69) is 4.90 Å². The molecule has 4 nitrogen and oxygen atoms in total. The number of nitrogens with zero attached hydrogens (tertiary/aromatic N) is 1. The second kappa shape index (κ2) is 8.12. The van der Waals surface area contributed by atoms with Gasteiger partial charge < -0.3 is 15.4 Å². The minimum atomic E-state index is -0.254. The number of hydrogen-bond donors (Lipinski definition) is 1. The fraction of sp³-hybridized carbons (Fsp3) is 0.533. The van der Waals surface area contributed by atoms with Crippen molar-refractivity contribution >= 4 is 24.1 Å². The number of rotatable bonds is 4. The number of nitrogens with two attached hydrogens (primary N) is 1. The predicted molar refractivity (Wildman–Crippen MR) is 83.6 cm³/mol. The molecule has 0 aliphatic carbocycles. The van der Waals surface area contributed by atoms with Gasteiger partial charge in [0, 0.05) is 18.8 Å². The van der Waals surface area contributed by atoms with Gasteiger partial charge in [-0.2, -0.15) is 0 Å². The van der Waals surface area contributed by atoms with E-state index < -0.39 is 0 Å². The molecule has 0 aromatic heterocycles. The van der Waals surface area contributed by atoms with Crippen LogP contribution in [0.5, 0.6) is 0 Å². The fourth-order valence-corrected chi connectivity index (χ4v) is 2.45. The van der Waals surface area contributed by atoms with Crippen molar-refractivity contribution < 1.29 is 9.53 Å². The second-order valence-electron chi connectivity index (χ2n) is 4.93. The number of carbonyl (C=O) groups is 1. The summed E-state index contributed by atoms with van der Waals surface area (Å²) in [6, 6.07) is 7.66. The Morgan fingerprint density at radius 1 is 1.30 bits per heavy atom. The van der Waals surface area contributed by atoms with E-state index >= 15 is 0 Å². The van der Waals surface area contributed by atoms with Gasteiger partial charge in [-0.25, -0.2) is 4.79 Å². The highest BCUT2D eigenvalue weighted by Crippen LogP contribution is 2.23. The van der Waals surface area contributed by atoms with Crippen LogP contribution in [0.1, 0.15) is 30.1 Å². The maximum atomic E-state index is 11.6. The zero-order valence-corrected chi connectivity index (χ0v) is 12.7. The summed E-state index contributed by atoms with van der Waals surface area (Å²) < 4.78 is 4.98. The Morgan fingerprint density at radius 2 is 1.90 bits per heavy atom. The lowest BCUT2D eigenvalue weighted by atomic mass is 9.96. The van der Waals surface area contributed by atoms with Gasteiger partial charge in [-0.3, -0.25) is 0 Å². The van der Waals surface area contributed by atoms with Gasteiger partial charge in [-0.1, -0.05) is 0 Å². The van der Waals surface area contributed by atoms with Crippen LogP contribution in [0.4, 0.5) is 5.69 Å². The molecule has 0 unspecified atom stereocenters. The van der Waals surface area contributed by atoms with Crippen molar-refractivity contribution in [2.24, 2.45) is 11.7 Å². The molecule has 1 saturated heterocycles. The lowest BCUT2D eigenvalue weighted by Gasteiger charge is -2.33. The summed E-state index contributed by atoms with van der Waals surface area (Å²) in [6.07, 6.45) is 2.30. The average Bonchev–Trinajstić information content (AvgIpc) is 2.48. The van der Waals surface area contributed by atoms with Crippen LogP contribution < -0.4 is 10.6 Å². The van der Waals surface area contributed by atoms with Crippen molar-refractivity contribution in [1.82, 2.24) is 0 Å². The highest BCUT2D eigenvalue weighted by Gasteiger charge is 2.18. The first-order chi connectivity index (χ1) is 9.24. The number of ether oxygens (including phenoxy) is 1. The molecular weight excluding hydrogens is 276 g/mol. The summed E-state index contributed by atoms with van der Waals surface area (Å²) in [7, 11) is 0. The van der Waals surface area contributed by atoms with E-state index in [0.717, 1.165) is 32.5 Å². The molecular formula is C15H23ClN2O2. The first-order valence-corrected chi connectivity index (χ1v) is 6.96. The summed E-state index contributed by atoms with van der Waals surface area (Å²) >= 11 is 0. The Morgan fingerprint density at radius 3 is 2.40 bits per heavy atom. The van der Waals surface area contributed by atoms with Crippen LogP contribution in [0.2, 0.25) is 0 Å². The molecule has 1 aromatic rings. The largest absolute Gasteiger partial charge is 0.462 e. The molecule has 1 fully saturated rings. The van der Waals surface area contributed by atoms with Crippen molar-refractivity contribution in [3.05, 3.63) is 29.8 Å². The predicted octanol–water partition coefficient (Wildman–Crippen LogP) is 2.46. The third-order valence-electron chi connectivity index (χ3n) is 3.69. The number of anilines is 1. The van der Waals surface area contributed by atoms with Crippen molar-refractivity contribution in [1.29, 1.82) is 0 Å². The number of piperidine rings is 1. The Labute approximate surface area is 126 Å². The lowest BCUT2D eigenvalue weighted by Crippen LogP contribution is -2.36. The number of esters is 1. The first kappa shape index (κ1) is 16.8. The molecule has 20 heavy (non-hydrogen) atoms. The summed E-state index contributed by atoms with van der Waals surface area (Å²) in [5, 5.41) is 0. The quantitative estimate of drug-likeness (QED) is 0.868. The SMILES string of the molecule is CCOC(=O)c1ccc(N2CCC(CN)CC2)cc1.Cl. The molecule has 0 radical (unpaired) electrons. The smallest absolute Gasteiger partial charge is 0.338 e. The van der Waals surface area contributed by atoms with Crippen LogP contribution in [-0.4, -0.2) is 32.2 Å². The Bertz CT molecular complexity index is 414. The topological polar surface area (TPSA) is 55.6 Å². The van der Waals surface area contributed by atoms with Crippen LogP contribution in [-0.2, 0) is 4.74 Å². The van der Waals surface area contributed by atoms with E-state index in [9.17, 15) is 4.79 Å². The van der Waals surface area contributed by atoms with Crippen molar-refractivity contribution in [2.75, 3.05) is 31.1 Å². The minimum absolute atomic E-state index is 0. The van der Waals surface area contributed by atoms with Gasteiger partial charge in [-0.05, 0) is 56.5 Å². The van der Waals surface area contributed by atoms with Gasteiger partial charge in [0.1, 0.15) is 0 Å². The molecule has 0 spiro atoms. The molecule has 1 heterocycles. The van der Waals surface area contributed by atoms with Gasteiger partial charge >= 0.3 is 5.97 Å². The molecule has 1 aromatic carbocycles. The monoisotopic (exact) mass is 298 g/mol. The molecule has 2 rings (SSSR count). The molecule has 1 aliphatic rings. The van der Waals surface area contributed by atoms with Gasteiger partial charge in [0.15, 0.2) is 0 Å². The summed E-state index contributed by atoms with van der Waals surface area (Å²) in [5.41, 5.74) is 7.48. The normalized spacial score (nSPS) is 15.6. The number of benzene rings is 1. The van der Waals surface area contributed by atoms with Gasteiger partial charge in [0.05, 0.1) is 12.2 Å². The Balaban J connectivity index is 0.00000200. The first-order valence-electron chi connectivity index (χ1n) is 6.96. The minimum Gasteiger partial charge on any atom is -0.462 e. The van der Waals surface area contributed by atoms with Crippen LogP contribution in [0, 0.1) is 5.92 Å². The molecule has 0 atom stereocenters. The summed E-state index contributed by atoms with van der Waals surface area (Å²) in [5.74, 6) is 0.408. The van der Waals surface area contributed by atoms with Crippen molar-refractivity contribution in [3.8, 4) is 0 Å². The van der Waals surface area contributed by atoms with E-state index in [-0.39, 0.29) is 18.4 Å². The highest BCUT2D eigenvalue weighted by atomic mass is 35.5. The zero-order chi connectivity index (χ0) is 13.7. The highest BCUT2D eigenvalue weighted by molar-refractivity contribution is 5.89. The summed E-state index contributed by atoms with van der Waals surface area (Å²) in [6.45, 7) is 5.10. The number of hydrogen-bond acceptors (Lipinski definition) is 4. The van der Waals surface area contributed by atoms with E-state index in [0.29, 0.717) is 18.1 Å². The molecule has 1 aliphatic heterocycles. The molecule has 0 amide bonds.